The molecule has 0 bridgehead atoms. The molecule has 2 aromatic carbocycles. The first-order chi connectivity index (χ1) is 12.1. The van der Waals surface area contributed by atoms with Crippen LogP contribution in [-0.2, 0) is 13.1 Å². The van der Waals surface area contributed by atoms with E-state index in [2.05, 4.69) is 10.4 Å². The highest BCUT2D eigenvalue weighted by molar-refractivity contribution is 6.30. The SMILES string of the molecule is CN(Cc1cnn(-c2ccccc2)c1)C(=O)NCc1ccc(Cl)cc1. The van der Waals surface area contributed by atoms with Crippen LogP contribution in [0.15, 0.2) is 67.0 Å². The third kappa shape index (κ3) is 4.61. The first-order valence-electron chi connectivity index (χ1n) is 7.94. The second-order valence-electron chi connectivity index (χ2n) is 5.77. The molecule has 0 aliphatic heterocycles. The maximum Gasteiger partial charge on any atom is 0.317 e. The highest BCUT2D eigenvalue weighted by Crippen LogP contribution is 2.11. The molecular formula is C19H19ClN4O. The van der Waals surface area contributed by atoms with Gasteiger partial charge in [-0.05, 0) is 29.8 Å². The van der Waals surface area contributed by atoms with Crippen LogP contribution in [0.3, 0.4) is 0 Å². The Morgan fingerprint density at radius 1 is 1.12 bits per heavy atom. The van der Waals surface area contributed by atoms with Crippen molar-refractivity contribution < 1.29 is 4.79 Å². The smallest absolute Gasteiger partial charge is 0.317 e. The van der Waals surface area contributed by atoms with Crippen molar-refractivity contribution in [2.75, 3.05) is 7.05 Å². The van der Waals surface area contributed by atoms with Crippen molar-refractivity contribution >= 4 is 17.6 Å². The zero-order chi connectivity index (χ0) is 17.6. The molecule has 3 aromatic rings. The van der Waals surface area contributed by atoms with E-state index < -0.39 is 0 Å². The standard InChI is InChI=1S/C19H19ClN4O/c1-23(19(25)21-11-15-7-9-17(20)10-8-15)13-16-12-22-24(14-16)18-5-3-2-4-6-18/h2-10,12,14H,11,13H2,1H3,(H,21,25). The lowest BCUT2D eigenvalue weighted by atomic mass is 10.2. The molecule has 0 spiro atoms. The van der Waals surface area contributed by atoms with Gasteiger partial charge in [0.05, 0.1) is 18.4 Å². The summed E-state index contributed by atoms with van der Waals surface area (Å²) in [5.74, 6) is 0. The van der Waals surface area contributed by atoms with E-state index in [1.807, 2.05) is 60.8 Å². The van der Waals surface area contributed by atoms with Crippen LogP contribution in [0.5, 0.6) is 0 Å². The van der Waals surface area contributed by atoms with Gasteiger partial charge in [-0.25, -0.2) is 9.48 Å². The Morgan fingerprint density at radius 3 is 2.56 bits per heavy atom. The number of hydrogen-bond acceptors (Lipinski definition) is 2. The fraction of sp³-hybridized carbons (Fsp3) is 0.158. The minimum atomic E-state index is -0.137. The molecule has 2 amide bonds. The number of amides is 2. The van der Waals surface area contributed by atoms with Crippen LogP contribution in [0, 0.1) is 0 Å². The molecule has 25 heavy (non-hydrogen) atoms. The third-order valence-electron chi connectivity index (χ3n) is 3.78. The number of benzene rings is 2. The second kappa shape index (κ2) is 7.85. The van der Waals surface area contributed by atoms with Crippen molar-refractivity contribution in [3.63, 3.8) is 0 Å². The lowest BCUT2D eigenvalue weighted by Crippen LogP contribution is -2.36. The van der Waals surface area contributed by atoms with Gasteiger partial charge in [-0.2, -0.15) is 5.10 Å². The average Bonchev–Trinajstić information content (AvgIpc) is 3.10. The lowest BCUT2D eigenvalue weighted by Gasteiger charge is -2.17. The molecule has 6 heteroatoms. The van der Waals surface area contributed by atoms with Gasteiger partial charge in [0.2, 0.25) is 0 Å². The number of urea groups is 1. The van der Waals surface area contributed by atoms with Crippen molar-refractivity contribution in [1.82, 2.24) is 20.0 Å². The van der Waals surface area contributed by atoms with Crippen molar-refractivity contribution in [3.05, 3.63) is 83.1 Å². The van der Waals surface area contributed by atoms with Crippen LogP contribution < -0.4 is 5.32 Å². The largest absolute Gasteiger partial charge is 0.334 e. The van der Waals surface area contributed by atoms with E-state index in [0.29, 0.717) is 18.1 Å². The van der Waals surface area contributed by atoms with Crippen LogP contribution in [0.2, 0.25) is 5.02 Å². The first-order valence-corrected chi connectivity index (χ1v) is 8.32. The summed E-state index contributed by atoms with van der Waals surface area (Å²) >= 11 is 5.86. The van der Waals surface area contributed by atoms with Gasteiger partial charge in [0.25, 0.3) is 0 Å². The summed E-state index contributed by atoms with van der Waals surface area (Å²) in [5, 5.41) is 7.92. The fourth-order valence-corrected chi connectivity index (χ4v) is 2.55. The molecule has 0 saturated carbocycles. The summed E-state index contributed by atoms with van der Waals surface area (Å²) in [7, 11) is 1.76. The molecule has 0 fully saturated rings. The van der Waals surface area contributed by atoms with E-state index in [1.165, 1.54) is 0 Å². The number of rotatable bonds is 5. The summed E-state index contributed by atoms with van der Waals surface area (Å²) in [6, 6.07) is 17.1. The van der Waals surface area contributed by atoms with Crippen LogP contribution in [0.1, 0.15) is 11.1 Å². The van der Waals surface area contributed by atoms with E-state index in [9.17, 15) is 4.79 Å². The predicted molar refractivity (Wildman–Crippen MR) is 98.7 cm³/mol. The maximum absolute atomic E-state index is 12.2. The van der Waals surface area contributed by atoms with Gasteiger partial charge in [0.1, 0.15) is 0 Å². The molecule has 1 N–H and O–H groups in total. The normalized spacial score (nSPS) is 10.5. The van der Waals surface area contributed by atoms with Crippen molar-refractivity contribution in [3.8, 4) is 5.69 Å². The molecule has 3 rings (SSSR count). The highest BCUT2D eigenvalue weighted by Gasteiger charge is 2.10. The van der Waals surface area contributed by atoms with E-state index in [4.69, 9.17) is 11.6 Å². The van der Waals surface area contributed by atoms with Crippen LogP contribution in [0.25, 0.3) is 5.69 Å². The fourth-order valence-electron chi connectivity index (χ4n) is 2.42. The Morgan fingerprint density at radius 2 is 1.84 bits per heavy atom. The van der Waals surface area contributed by atoms with Crippen molar-refractivity contribution in [2.24, 2.45) is 0 Å². The zero-order valence-corrected chi connectivity index (χ0v) is 14.6. The third-order valence-corrected chi connectivity index (χ3v) is 4.03. The second-order valence-corrected chi connectivity index (χ2v) is 6.21. The number of hydrogen-bond donors (Lipinski definition) is 1. The highest BCUT2D eigenvalue weighted by atomic mass is 35.5. The minimum Gasteiger partial charge on any atom is -0.334 e. The number of aromatic nitrogens is 2. The Bertz CT molecular complexity index is 830. The van der Waals surface area contributed by atoms with E-state index in [-0.39, 0.29) is 6.03 Å². The van der Waals surface area contributed by atoms with Gasteiger partial charge in [-0.3, -0.25) is 0 Å². The van der Waals surface area contributed by atoms with Gasteiger partial charge >= 0.3 is 6.03 Å². The predicted octanol–water partition coefficient (Wildman–Crippen LogP) is 3.87. The van der Waals surface area contributed by atoms with Crippen LogP contribution in [-0.4, -0.2) is 27.8 Å². The van der Waals surface area contributed by atoms with E-state index in [1.54, 1.807) is 22.8 Å². The van der Waals surface area contributed by atoms with Crippen LogP contribution in [0.4, 0.5) is 4.79 Å². The molecule has 1 heterocycles. The van der Waals surface area contributed by atoms with Gasteiger partial charge in [-0.1, -0.05) is 41.9 Å². The maximum atomic E-state index is 12.2. The lowest BCUT2D eigenvalue weighted by molar-refractivity contribution is 0.206. The summed E-state index contributed by atoms with van der Waals surface area (Å²) in [6.07, 6.45) is 3.70. The molecule has 0 aliphatic rings. The summed E-state index contributed by atoms with van der Waals surface area (Å²) in [4.78, 5) is 13.9. The van der Waals surface area contributed by atoms with Crippen molar-refractivity contribution in [1.29, 1.82) is 0 Å². The molecule has 0 aliphatic carbocycles. The van der Waals surface area contributed by atoms with Gasteiger partial charge < -0.3 is 10.2 Å². The number of carbonyl (C=O) groups is 1. The number of para-hydroxylation sites is 1. The first kappa shape index (κ1) is 17.0. The summed E-state index contributed by atoms with van der Waals surface area (Å²) < 4.78 is 1.80. The molecule has 0 unspecified atom stereocenters. The minimum absolute atomic E-state index is 0.137. The van der Waals surface area contributed by atoms with E-state index in [0.717, 1.165) is 16.8 Å². The van der Waals surface area contributed by atoms with Crippen molar-refractivity contribution in [2.45, 2.75) is 13.1 Å². The number of carbonyl (C=O) groups excluding carboxylic acids is 1. The Balaban J connectivity index is 1.54. The number of halogens is 1. The molecule has 1 aromatic heterocycles. The zero-order valence-electron chi connectivity index (χ0n) is 13.9. The Kier molecular flexibility index (Phi) is 5.36. The molecule has 5 nitrogen and oxygen atoms in total. The quantitative estimate of drug-likeness (QED) is 0.756. The van der Waals surface area contributed by atoms with E-state index >= 15 is 0 Å². The average molecular weight is 355 g/mol. The molecule has 0 saturated heterocycles. The van der Waals surface area contributed by atoms with Gasteiger partial charge in [-0.15, -0.1) is 0 Å². The molecule has 0 radical (unpaired) electrons. The molecule has 0 atom stereocenters. The molecular weight excluding hydrogens is 336 g/mol. The summed E-state index contributed by atoms with van der Waals surface area (Å²) in [6.45, 7) is 0.947. The van der Waals surface area contributed by atoms with Gasteiger partial charge in [0, 0.05) is 30.4 Å². The Hall–Kier alpha value is -2.79. The summed E-state index contributed by atoms with van der Waals surface area (Å²) in [5.41, 5.74) is 2.96. The number of nitrogens with one attached hydrogen (secondary N) is 1. The molecule has 128 valence electrons. The van der Waals surface area contributed by atoms with Crippen LogP contribution >= 0.6 is 11.6 Å². The topological polar surface area (TPSA) is 50.2 Å². The Labute approximate surface area is 151 Å². The monoisotopic (exact) mass is 354 g/mol. The number of nitrogens with zero attached hydrogens (tertiary/aromatic N) is 3. The van der Waals surface area contributed by atoms with Gasteiger partial charge in [0.15, 0.2) is 0 Å².